The first-order valence-electron chi connectivity index (χ1n) is 2.80. The van der Waals surface area contributed by atoms with E-state index >= 15 is 0 Å². The summed E-state index contributed by atoms with van der Waals surface area (Å²) in [5, 5.41) is 0. The van der Waals surface area contributed by atoms with Crippen molar-refractivity contribution >= 4 is 0 Å². The summed E-state index contributed by atoms with van der Waals surface area (Å²) in [4.78, 5) is 0. The average molecular weight is 121 g/mol. The summed E-state index contributed by atoms with van der Waals surface area (Å²) < 4.78 is 23.4. The lowest BCUT2D eigenvalue weighted by Crippen LogP contribution is -1.97. The van der Waals surface area contributed by atoms with Crippen LogP contribution < -0.4 is 0 Å². The van der Waals surface area contributed by atoms with Crippen molar-refractivity contribution in [1.29, 1.82) is 0 Å². The van der Waals surface area contributed by atoms with Crippen LogP contribution in [0.1, 0.15) is 19.3 Å². The molecule has 0 amide bonds. The molecule has 0 aliphatic rings. The second-order valence-electron chi connectivity index (χ2n) is 1.72. The van der Waals surface area contributed by atoms with E-state index in [4.69, 9.17) is 0 Å². The van der Waals surface area contributed by atoms with Crippen LogP contribution in [-0.4, -0.2) is 12.8 Å². The van der Waals surface area contributed by atoms with E-state index in [0.29, 0.717) is 12.8 Å². The molecule has 0 N–H and O–H groups in total. The molecule has 0 aliphatic heterocycles. The van der Waals surface area contributed by atoms with Gasteiger partial charge in [0.25, 0.3) is 0 Å². The van der Waals surface area contributed by atoms with E-state index < -0.39 is 12.8 Å². The summed E-state index contributed by atoms with van der Waals surface area (Å²) in [5.74, 6) is 0. The zero-order chi connectivity index (χ0) is 6.41. The molecule has 0 bridgehead atoms. The molecule has 0 fully saturated rings. The van der Waals surface area contributed by atoms with Crippen molar-refractivity contribution in [3.63, 3.8) is 0 Å². The molecule has 0 saturated heterocycles. The number of hydrogen-bond donors (Lipinski definition) is 0. The molecule has 49 valence electrons. The quantitative estimate of drug-likeness (QED) is 0.535. The number of hydrogen-bond acceptors (Lipinski definition) is 0. The lowest BCUT2D eigenvalue weighted by Gasteiger charge is -1.99. The molecule has 0 aromatic heterocycles. The Hall–Kier alpha value is -0.140. The zero-order valence-electron chi connectivity index (χ0n) is 4.87. The molecule has 0 aliphatic carbocycles. The van der Waals surface area contributed by atoms with Gasteiger partial charge in [-0.2, -0.15) is 0 Å². The van der Waals surface area contributed by atoms with Crippen molar-refractivity contribution in [2.24, 2.45) is 0 Å². The molecule has 0 nitrogen and oxygen atoms in total. The third-order valence-corrected chi connectivity index (χ3v) is 0.964. The summed E-state index contributed by atoms with van der Waals surface area (Å²) in [5.41, 5.74) is 0. The second kappa shape index (κ2) is 5.01. The van der Waals surface area contributed by atoms with Gasteiger partial charge in [0.05, 0.1) is 6.67 Å². The van der Waals surface area contributed by atoms with E-state index in [2.05, 4.69) is 6.92 Å². The van der Waals surface area contributed by atoms with Gasteiger partial charge in [-0.15, -0.1) is 0 Å². The van der Waals surface area contributed by atoms with Crippen LogP contribution in [0.2, 0.25) is 0 Å². The Bertz CT molecular complexity index is 45.8. The summed E-state index contributed by atoms with van der Waals surface area (Å²) in [6.45, 7) is 2.92. The lowest BCUT2D eigenvalue weighted by molar-refractivity contribution is 0.296. The van der Waals surface area contributed by atoms with E-state index in [1.165, 1.54) is 0 Å². The number of rotatable bonds is 4. The molecular formula is C6H11F2. The van der Waals surface area contributed by atoms with Crippen LogP contribution in [0.25, 0.3) is 0 Å². The second-order valence-corrected chi connectivity index (χ2v) is 1.72. The lowest BCUT2D eigenvalue weighted by atomic mass is 10.2. The van der Waals surface area contributed by atoms with E-state index in [9.17, 15) is 8.78 Å². The van der Waals surface area contributed by atoms with Gasteiger partial charge in [0.15, 0.2) is 0 Å². The molecule has 0 spiro atoms. The topological polar surface area (TPSA) is 0 Å². The van der Waals surface area contributed by atoms with Crippen molar-refractivity contribution in [1.82, 2.24) is 0 Å². The average Bonchev–Trinajstić information content (AvgIpc) is 1.83. The van der Waals surface area contributed by atoms with Crippen molar-refractivity contribution in [2.75, 3.05) is 6.67 Å². The highest BCUT2D eigenvalue weighted by Crippen LogP contribution is 2.04. The highest BCUT2D eigenvalue weighted by atomic mass is 19.1. The fourth-order valence-electron chi connectivity index (χ4n) is 0.443. The SMILES string of the molecule is [CH2]CC(F)CCCF. The first-order chi connectivity index (χ1) is 3.81. The van der Waals surface area contributed by atoms with Crippen LogP contribution >= 0.6 is 0 Å². The molecule has 8 heavy (non-hydrogen) atoms. The standard InChI is InChI=1S/C6H11F2/c1-2-6(8)4-3-5-7/h6H,1-5H2. The van der Waals surface area contributed by atoms with Crippen LogP contribution in [0.5, 0.6) is 0 Å². The van der Waals surface area contributed by atoms with Crippen LogP contribution in [0.15, 0.2) is 0 Å². The Balaban J connectivity index is 2.86. The predicted molar refractivity (Wildman–Crippen MR) is 30.1 cm³/mol. The minimum atomic E-state index is -0.897. The fourth-order valence-corrected chi connectivity index (χ4v) is 0.443. The summed E-state index contributed by atoms with van der Waals surface area (Å²) in [7, 11) is 0. The molecule has 0 heterocycles. The minimum absolute atomic E-state index is 0.264. The maximum atomic E-state index is 12.1. The molecule has 0 aromatic carbocycles. The molecule has 2 heteroatoms. The van der Waals surface area contributed by atoms with Gasteiger partial charge in [-0.3, -0.25) is 4.39 Å². The Kier molecular flexibility index (Phi) is 4.92. The third-order valence-electron chi connectivity index (χ3n) is 0.964. The molecule has 1 atom stereocenters. The third kappa shape index (κ3) is 4.03. The Morgan fingerprint density at radius 3 is 2.50 bits per heavy atom. The summed E-state index contributed by atoms with van der Waals surface area (Å²) >= 11 is 0. The molecule has 1 radical (unpaired) electrons. The predicted octanol–water partition coefficient (Wildman–Crippen LogP) is 2.30. The van der Waals surface area contributed by atoms with Gasteiger partial charge in [-0.1, -0.05) is 6.92 Å². The normalized spacial score (nSPS) is 13.9. The Morgan fingerprint density at radius 2 is 2.12 bits per heavy atom. The Morgan fingerprint density at radius 1 is 1.50 bits per heavy atom. The van der Waals surface area contributed by atoms with Crippen molar-refractivity contribution in [3.05, 3.63) is 6.92 Å². The Labute approximate surface area is 48.9 Å². The van der Waals surface area contributed by atoms with Crippen LogP contribution in [0.3, 0.4) is 0 Å². The van der Waals surface area contributed by atoms with Gasteiger partial charge in [0, 0.05) is 0 Å². The van der Waals surface area contributed by atoms with Gasteiger partial charge in [0.2, 0.25) is 0 Å². The minimum Gasteiger partial charge on any atom is -0.251 e. The maximum absolute atomic E-state index is 12.1. The van der Waals surface area contributed by atoms with Crippen molar-refractivity contribution in [3.8, 4) is 0 Å². The molecular weight excluding hydrogens is 110 g/mol. The van der Waals surface area contributed by atoms with E-state index in [-0.39, 0.29) is 6.42 Å². The molecule has 0 saturated carbocycles. The molecule has 0 rings (SSSR count). The zero-order valence-corrected chi connectivity index (χ0v) is 4.87. The van der Waals surface area contributed by atoms with Gasteiger partial charge >= 0.3 is 0 Å². The fraction of sp³-hybridized carbons (Fsp3) is 0.833. The first kappa shape index (κ1) is 7.86. The van der Waals surface area contributed by atoms with E-state index in [0.717, 1.165) is 0 Å². The monoisotopic (exact) mass is 121 g/mol. The van der Waals surface area contributed by atoms with Crippen LogP contribution in [0.4, 0.5) is 8.78 Å². The highest BCUT2D eigenvalue weighted by Gasteiger charge is 2.00. The summed E-state index contributed by atoms with van der Waals surface area (Å²) in [6, 6.07) is 0. The largest absolute Gasteiger partial charge is 0.251 e. The number of alkyl halides is 2. The molecule has 1 unspecified atom stereocenters. The van der Waals surface area contributed by atoms with Gasteiger partial charge < -0.3 is 0 Å². The maximum Gasteiger partial charge on any atom is 0.100 e. The van der Waals surface area contributed by atoms with Gasteiger partial charge in [0.1, 0.15) is 6.17 Å². The van der Waals surface area contributed by atoms with Crippen molar-refractivity contribution in [2.45, 2.75) is 25.4 Å². The molecule has 0 aromatic rings. The van der Waals surface area contributed by atoms with Crippen LogP contribution in [0, 0.1) is 6.92 Å². The highest BCUT2D eigenvalue weighted by molar-refractivity contribution is 4.56. The van der Waals surface area contributed by atoms with Crippen molar-refractivity contribution < 1.29 is 8.78 Å². The number of halogens is 2. The van der Waals surface area contributed by atoms with Gasteiger partial charge in [-0.05, 0) is 19.3 Å². The van der Waals surface area contributed by atoms with E-state index in [1.807, 2.05) is 0 Å². The smallest absolute Gasteiger partial charge is 0.100 e. The van der Waals surface area contributed by atoms with Gasteiger partial charge in [-0.25, -0.2) is 4.39 Å². The summed E-state index contributed by atoms with van der Waals surface area (Å²) in [6.07, 6.45) is 0.0159. The van der Waals surface area contributed by atoms with Crippen LogP contribution in [-0.2, 0) is 0 Å². The first-order valence-corrected chi connectivity index (χ1v) is 2.80. The van der Waals surface area contributed by atoms with E-state index in [1.54, 1.807) is 0 Å².